The summed E-state index contributed by atoms with van der Waals surface area (Å²) in [7, 11) is 0. The molecule has 22 heavy (non-hydrogen) atoms. The lowest BCUT2D eigenvalue weighted by atomic mass is 9.74. The van der Waals surface area contributed by atoms with Crippen LogP contribution in [0.5, 0.6) is 0 Å². The fourth-order valence-corrected chi connectivity index (χ4v) is 4.12. The summed E-state index contributed by atoms with van der Waals surface area (Å²) >= 11 is 0. The van der Waals surface area contributed by atoms with Crippen molar-refractivity contribution in [1.82, 2.24) is 0 Å². The van der Waals surface area contributed by atoms with Crippen LogP contribution in [0, 0.1) is 5.92 Å². The van der Waals surface area contributed by atoms with Gasteiger partial charge in [-0.25, -0.2) is 0 Å². The molecule has 0 N–H and O–H groups in total. The Morgan fingerprint density at radius 2 is 1.45 bits per heavy atom. The summed E-state index contributed by atoms with van der Waals surface area (Å²) in [6, 6.07) is 20.5. The van der Waals surface area contributed by atoms with Crippen molar-refractivity contribution >= 4 is 0 Å². The van der Waals surface area contributed by atoms with Gasteiger partial charge in [-0.15, -0.1) is 0 Å². The molecule has 2 aromatic rings. The number of benzene rings is 2. The molecule has 0 spiro atoms. The summed E-state index contributed by atoms with van der Waals surface area (Å²) in [4.78, 5) is 0. The van der Waals surface area contributed by atoms with E-state index in [1.165, 1.54) is 55.2 Å². The van der Waals surface area contributed by atoms with Crippen LogP contribution < -0.4 is 0 Å². The van der Waals surface area contributed by atoms with Crippen LogP contribution >= 0.6 is 0 Å². The third-order valence-corrected chi connectivity index (χ3v) is 5.50. The minimum atomic E-state index is 0.650. The van der Waals surface area contributed by atoms with Crippen molar-refractivity contribution in [3.8, 4) is 0 Å². The molecule has 0 amide bonds. The maximum absolute atomic E-state index is 2.57. The van der Waals surface area contributed by atoms with Crippen LogP contribution in [0.2, 0.25) is 0 Å². The molecule has 0 aliphatic heterocycles. The maximum atomic E-state index is 2.57. The van der Waals surface area contributed by atoms with Crippen molar-refractivity contribution in [2.45, 2.75) is 44.4 Å². The zero-order valence-corrected chi connectivity index (χ0v) is 13.2. The van der Waals surface area contributed by atoms with Gasteiger partial charge in [0.15, 0.2) is 0 Å². The molecule has 0 saturated carbocycles. The molecule has 5 aliphatic rings. The number of allylic oxidation sites excluding steroid dienone is 2. The average Bonchev–Trinajstić information content (AvgIpc) is 2.58. The third-order valence-electron chi connectivity index (χ3n) is 5.50. The highest BCUT2D eigenvalue weighted by Crippen LogP contribution is 2.40. The molecule has 2 atom stereocenters. The van der Waals surface area contributed by atoms with Crippen LogP contribution in [-0.2, 0) is 12.8 Å². The first-order chi connectivity index (χ1) is 10.9. The minimum absolute atomic E-state index is 0.650. The predicted octanol–water partition coefficient (Wildman–Crippen LogP) is 5.69. The average molecular weight is 288 g/mol. The van der Waals surface area contributed by atoms with Crippen LogP contribution in [0.15, 0.2) is 66.2 Å². The van der Waals surface area contributed by atoms with Gasteiger partial charge in [0.25, 0.3) is 0 Å². The fraction of sp³-hybridized carbons (Fsp3) is 0.364. The van der Waals surface area contributed by atoms with Gasteiger partial charge in [0.1, 0.15) is 0 Å². The Labute approximate surface area is 133 Å². The molecule has 0 fully saturated rings. The van der Waals surface area contributed by atoms with Gasteiger partial charge in [-0.2, -0.15) is 0 Å². The smallest absolute Gasteiger partial charge is 0.00510 e. The second-order valence-electron chi connectivity index (χ2n) is 6.93. The Hall–Kier alpha value is -1.82. The van der Waals surface area contributed by atoms with E-state index >= 15 is 0 Å². The lowest BCUT2D eigenvalue weighted by Crippen LogP contribution is -2.16. The molecule has 4 bridgehead atoms. The van der Waals surface area contributed by atoms with Crippen molar-refractivity contribution in [2.75, 3.05) is 0 Å². The van der Waals surface area contributed by atoms with E-state index in [0.29, 0.717) is 5.92 Å². The van der Waals surface area contributed by atoms with Crippen LogP contribution in [0.25, 0.3) is 0 Å². The van der Waals surface area contributed by atoms with Crippen molar-refractivity contribution in [3.63, 3.8) is 0 Å². The van der Waals surface area contributed by atoms with Crippen LogP contribution in [0.3, 0.4) is 0 Å². The summed E-state index contributed by atoms with van der Waals surface area (Å²) in [5.74, 6) is 1.49. The van der Waals surface area contributed by atoms with Gasteiger partial charge >= 0.3 is 0 Å². The Kier molecular flexibility index (Phi) is 3.84. The van der Waals surface area contributed by atoms with E-state index in [4.69, 9.17) is 0 Å². The summed E-state index contributed by atoms with van der Waals surface area (Å²) in [5.41, 5.74) is 6.19. The highest BCUT2D eigenvalue weighted by Gasteiger charge is 2.25. The van der Waals surface area contributed by atoms with E-state index < -0.39 is 0 Å². The number of aryl methyl sites for hydroxylation is 2. The summed E-state index contributed by atoms with van der Waals surface area (Å²) in [5, 5.41) is 0. The van der Waals surface area contributed by atoms with Gasteiger partial charge < -0.3 is 0 Å². The molecule has 5 aliphatic carbocycles. The largest absolute Gasteiger partial charge is 0.0844 e. The van der Waals surface area contributed by atoms with Crippen molar-refractivity contribution in [1.29, 1.82) is 0 Å². The van der Waals surface area contributed by atoms with Gasteiger partial charge in [-0.3, -0.25) is 0 Å². The second kappa shape index (κ2) is 6.12. The first-order valence-electron chi connectivity index (χ1n) is 8.70. The standard InChI is InChI=1S/C22H24/c1-2-4-20(5-3-1)22-16-19-11-10-17-6-8-18(9-7-17)12-14-21(22)15-13-19/h1-9,15,19,22H,10-14,16H2/t19?,22-/m1/s1. The number of hydrogen-bond acceptors (Lipinski definition) is 0. The highest BCUT2D eigenvalue weighted by atomic mass is 14.3. The van der Waals surface area contributed by atoms with Crippen molar-refractivity contribution < 1.29 is 0 Å². The zero-order valence-electron chi connectivity index (χ0n) is 13.2. The Bertz CT molecular complexity index is 648. The van der Waals surface area contributed by atoms with Gasteiger partial charge in [0.05, 0.1) is 0 Å². The van der Waals surface area contributed by atoms with E-state index in [1.807, 2.05) is 0 Å². The van der Waals surface area contributed by atoms with Crippen molar-refractivity contribution in [3.05, 3.63) is 82.9 Å². The molecular weight excluding hydrogens is 264 g/mol. The van der Waals surface area contributed by atoms with Crippen LogP contribution in [-0.4, -0.2) is 0 Å². The monoisotopic (exact) mass is 288 g/mol. The quantitative estimate of drug-likeness (QED) is 0.592. The molecule has 0 aromatic heterocycles. The second-order valence-corrected chi connectivity index (χ2v) is 6.93. The molecule has 7 rings (SSSR count). The third kappa shape index (κ3) is 2.88. The summed E-state index contributed by atoms with van der Waals surface area (Å²) in [6.45, 7) is 0. The number of hydrogen-bond donors (Lipinski definition) is 0. The van der Waals surface area contributed by atoms with E-state index in [0.717, 1.165) is 5.92 Å². The summed E-state index contributed by atoms with van der Waals surface area (Å²) in [6.07, 6.45) is 10.1. The topological polar surface area (TPSA) is 0 Å². The minimum Gasteiger partial charge on any atom is -0.0844 e. The molecule has 0 heteroatoms. The molecule has 1 unspecified atom stereocenters. The Balaban J connectivity index is 1.66. The van der Waals surface area contributed by atoms with Crippen molar-refractivity contribution in [2.24, 2.45) is 5.92 Å². The van der Waals surface area contributed by atoms with Crippen LogP contribution in [0.4, 0.5) is 0 Å². The Morgan fingerprint density at radius 1 is 0.727 bits per heavy atom. The summed E-state index contributed by atoms with van der Waals surface area (Å²) < 4.78 is 0. The molecule has 0 heterocycles. The van der Waals surface area contributed by atoms with Crippen LogP contribution in [0.1, 0.15) is 48.3 Å². The molecule has 2 aromatic carbocycles. The van der Waals surface area contributed by atoms with Gasteiger partial charge in [0, 0.05) is 5.92 Å². The van der Waals surface area contributed by atoms with E-state index in [1.54, 1.807) is 5.57 Å². The highest BCUT2D eigenvalue weighted by molar-refractivity contribution is 5.32. The molecule has 0 radical (unpaired) electrons. The molecule has 0 nitrogen and oxygen atoms in total. The van der Waals surface area contributed by atoms with Gasteiger partial charge in [0.2, 0.25) is 0 Å². The number of rotatable bonds is 1. The van der Waals surface area contributed by atoms with E-state index in [9.17, 15) is 0 Å². The van der Waals surface area contributed by atoms with E-state index in [2.05, 4.69) is 60.7 Å². The van der Waals surface area contributed by atoms with Gasteiger partial charge in [-0.1, -0.05) is 66.2 Å². The molecule has 0 saturated heterocycles. The zero-order chi connectivity index (χ0) is 14.8. The fourth-order valence-electron chi connectivity index (χ4n) is 4.12. The lowest BCUT2D eigenvalue weighted by molar-refractivity contribution is 0.403. The molecular formula is C22H24. The Morgan fingerprint density at radius 3 is 2.23 bits per heavy atom. The molecule has 112 valence electrons. The first kappa shape index (κ1) is 13.8. The lowest BCUT2D eigenvalue weighted by Gasteiger charge is -2.31. The maximum Gasteiger partial charge on any atom is 0.00510 e. The predicted molar refractivity (Wildman–Crippen MR) is 93.1 cm³/mol. The SMILES string of the molecule is C1=C2CCc3ccc(cc3)CCC(C1)C[C@@H]2c1ccccc1. The van der Waals surface area contributed by atoms with E-state index in [-0.39, 0.29) is 0 Å². The van der Waals surface area contributed by atoms with Gasteiger partial charge in [-0.05, 0) is 61.1 Å². The first-order valence-corrected chi connectivity index (χ1v) is 8.70. The normalized spacial score (nSPS) is 24.5.